The Bertz CT molecular complexity index is 568. The van der Waals surface area contributed by atoms with Crippen molar-refractivity contribution in [2.75, 3.05) is 19.6 Å². The maximum absolute atomic E-state index is 12.5. The highest BCUT2D eigenvalue weighted by Crippen LogP contribution is 2.13. The molecule has 0 saturated carbocycles. The summed E-state index contributed by atoms with van der Waals surface area (Å²) in [5.74, 6) is 0.689. The Kier molecular flexibility index (Phi) is 4.80. The van der Waals surface area contributed by atoms with Crippen molar-refractivity contribution in [3.63, 3.8) is 0 Å². The van der Waals surface area contributed by atoms with Gasteiger partial charge in [-0.1, -0.05) is 0 Å². The van der Waals surface area contributed by atoms with Crippen LogP contribution in [0.5, 0.6) is 0 Å². The van der Waals surface area contributed by atoms with Crippen LogP contribution in [0.2, 0.25) is 0 Å². The molecule has 8 heteroatoms. The number of rotatable bonds is 4. The molecule has 2 heterocycles. The van der Waals surface area contributed by atoms with Gasteiger partial charge < -0.3 is 10.6 Å². The fourth-order valence-corrected chi connectivity index (χ4v) is 2.75. The van der Waals surface area contributed by atoms with Gasteiger partial charge in [-0.05, 0) is 27.7 Å². The molecule has 0 spiro atoms. The molecule has 1 aliphatic rings. The SMILES string of the molecule is Cc1nc(C)n(CC(=O)N2CCN(C(C)C)CC2C(N)=O)n1. The third-order valence-electron chi connectivity index (χ3n) is 4.04. The summed E-state index contributed by atoms with van der Waals surface area (Å²) in [6.45, 7) is 9.51. The third-order valence-corrected chi connectivity index (χ3v) is 4.04. The van der Waals surface area contributed by atoms with Crippen molar-refractivity contribution in [1.29, 1.82) is 0 Å². The van der Waals surface area contributed by atoms with Crippen molar-refractivity contribution < 1.29 is 9.59 Å². The lowest BCUT2D eigenvalue weighted by Gasteiger charge is -2.41. The Labute approximate surface area is 130 Å². The molecule has 0 radical (unpaired) electrons. The first-order valence-corrected chi connectivity index (χ1v) is 7.50. The van der Waals surface area contributed by atoms with Crippen molar-refractivity contribution in [1.82, 2.24) is 24.6 Å². The van der Waals surface area contributed by atoms with Crippen LogP contribution < -0.4 is 5.73 Å². The van der Waals surface area contributed by atoms with Crippen molar-refractivity contribution in [2.45, 2.75) is 46.3 Å². The number of amides is 2. The highest BCUT2D eigenvalue weighted by Gasteiger charge is 2.35. The number of hydrogen-bond acceptors (Lipinski definition) is 5. The van der Waals surface area contributed by atoms with E-state index in [2.05, 4.69) is 28.8 Å². The standard InChI is InChI=1S/C14H24N6O2/c1-9(2)18-5-6-19(12(7-18)14(15)22)13(21)8-20-11(4)16-10(3)17-20/h9,12H,5-8H2,1-4H3,(H2,15,22). The van der Waals surface area contributed by atoms with Crippen LogP contribution in [0.3, 0.4) is 0 Å². The van der Waals surface area contributed by atoms with Gasteiger partial charge in [0.2, 0.25) is 11.8 Å². The molecule has 1 aliphatic heterocycles. The normalized spacial score (nSPS) is 19.7. The number of aryl methyl sites for hydroxylation is 2. The minimum atomic E-state index is -0.589. The first-order chi connectivity index (χ1) is 10.3. The second-order valence-corrected chi connectivity index (χ2v) is 5.96. The summed E-state index contributed by atoms with van der Waals surface area (Å²) >= 11 is 0. The van der Waals surface area contributed by atoms with Gasteiger partial charge in [-0.2, -0.15) is 5.10 Å². The minimum Gasteiger partial charge on any atom is -0.368 e. The molecular weight excluding hydrogens is 284 g/mol. The van der Waals surface area contributed by atoms with E-state index in [1.807, 2.05) is 0 Å². The zero-order valence-corrected chi connectivity index (χ0v) is 13.6. The van der Waals surface area contributed by atoms with Crippen molar-refractivity contribution >= 4 is 11.8 Å². The van der Waals surface area contributed by atoms with Gasteiger partial charge in [0.1, 0.15) is 24.2 Å². The van der Waals surface area contributed by atoms with Gasteiger partial charge in [-0.3, -0.25) is 14.5 Å². The maximum Gasteiger partial charge on any atom is 0.245 e. The summed E-state index contributed by atoms with van der Waals surface area (Å²) in [6.07, 6.45) is 0. The number of carbonyl (C=O) groups excluding carboxylic acids is 2. The van der Waals surface area contributed by atoms with Gasteiger partial charge in [-0.15, -0.1) is 0 Å². The molecule has 1 aromatic rings. The van der Waals surface area contributed by atoms with Crippen LogP contribution in [0.25, 0.3) is 0 Å². The number of hydrogen-bond donors (Lipinski definition) is 1. The summed E-state index contributed by atoms with van der Waals surface area (Å²) in [6, 6.07) is -0.270. The Balaban J connectivity index is 2.10. The number of piperazine rings is 1. The summed E-state index contributed by atoms with van der Waals surface area (Å²) < 4.78 is 1.56. The van der Waals surface area contributed by atoms with Crippen LogP contribution in [0.4, 0.5) is 0 Å². The van der Waals surface area contributed by atoms with E-state index in [4.69, 9.17) is 5.73 Å². The first-order valence-electron chi connectivity index (χ1n) is 7.50. The molecule has 0 aliphatic carbocycles. The Hall–Kier alpha value is -1.96. The Morgan fingerprint density at radius 3 is 2.50 bits per heavy atom. The van der Waals surface area contributed by atoms with E-state index in [1.54, 1.807) is 23.4 Å². The third kappa shape index (κ3) is 3.44. The topological polar surface area (TPSA) is 97.4 Å². The maximum atomic E-state index is 12.5. The number of carbonyl (C=O) groups is 2. The lowest BCUT2D eigenvalue weighted by molar-refractivity contribution is -0.143. The molecule has 2 N–H and O–H groups in total. The molecule has 22 heavy (non-hydrogen) atoms. The van der Waals surface area contributed by atoms with Crippen molar-refractivity contribution in [3.8, 4) is 0 Å². The zero-order valence-electron chi connectivity index (χ0n) is 13.6. The summed E-state index contributed by atoms with van der Waals surface area (Å²) in [7, 11) is 0. The van der Waals surface area contributed by atoms with Crippen LogP contribution in [0.15, 0.2) is 0 Å². The van der Waals surface area contributed by atoms with E-state index in [-0.39, 0.29) is 12.5 Å². The molecular formula is C14H24N6O2. The zero-order chi connectivity index (χ0) is 16.4. The summed E-state index contributed by atoms with van der Waals surface area (Å²) in [5, 5.41) is 4.19. The number of aromatic nitrogens is 3. The van der Waals surface area contributed by atoms with Gasteiger partial charge in [-0.25, -0.2) is 9.67 Å². The minimum absolute atomic E-state index is 0.0815. The molecule has 8 nitrogen and oxygen atoms in total. The van der Waals surface area contributed by atoms with Gasteiger partial charge in [0.25, 0.3) is 0 Å². The highest BCUT2D eigenvalue weighted by atomic mass is 16.2. The molecule has 2 amide bonds. The second-order valence-electron chi connectivity index (χ2n) is 5.96. The Morgan fingerprint density at radius 1 is 1.32 bits per heavy atom. The molecule has 1 unspecified atom stereocenters. The van der Waals surface area contributed by atoms with Crippen molar-refractivity contribution in [2.24, 2.45) is 5.73 Å². The Morgan fingerprint density at radius 2 is 2.00 bits per heavy atom. The fourth-order valence-electron chi connectivity index (χ4n) is 2.75. The average molecular weight is 308 g/mol. The largest absolute Gasteiger partial charge is 0.368 e. The van der Waals surface area contributed by atoms with Gasteiger partial charge in [0.15, 0.2) is 0 Å². The second kappa shape index (κ2) is 6.43. The number of nitrogens with zero attached hydrogens (tertiary/aromatic N) is 5. The molecule has 1 fully saturated rings. The monoisotopic (exact) mass is 308 g/mol. The number of primary amides is 1. The lowest BCUT2D eigenvalue weighted by Crippen LogP contribution is -2.61. The van der Waals surface area contributed by atoms with Gasteiger partial charge in [0.05, 0.1) is 0 Å². The van der Waals surface area contributed by atoms with Gasteiger partial charge in [0, 0.05) is 25.7 Å². The molecule has 0 aromatic carbocycles. The molecule has 1 atom stereocenters. The molecule has 1 aromatic heterocycles. The number of nitrogens with two attached hydrogens (primary N) is 1. The van der Waals surface area contributed by atoms with E-state index in [0.29, 0.717) is 30.8 Å². The summed E-state index contributed by atoms with van der Waals surface area (Å²) in [5.41, 5.74) is 5.49. The molecule has 0 bridgehead atoms. The van der Waals surface area contributed by atoms with E-state index >= 15 is 0 Å². The van der Waals surface area contributed by atoms with Crippen LogP contribution in [-0.2, 0) is 16.1 Å². The first kappa shape index (κ1) is 16.4. The average Bonchev–Trinajstić information content (AvgIpc) is 2.75. The van der Waals surface area contributed by atoms with Crippen LogP contribution >= 0.6 is 0 Å². The predicted molar refractivity (Wildman–Crippen MR) is 80.9 cm³/mol. The van der Waals surface area contributed by atoms with E-state index < -0.39 is 11.9 Å². The van der Waals surface area contributed by atoms with E-state index in [0.717, 1.165) is 6.54 Å². The quantitative estimate of drug-likeness (QED) is 0.793. The van der Waals surface area contributed by atoms with Crippen molar-refractivity contribution in [3.05, 3.63) is 11.6 Å². The predicted octanol–water partition coefficient (Wildman–Crippen LogP) is -0.699. The highest BCUT2D eigenvalue weighted by molar-refractivity contribution is 5.87. The fraction of sp³-hybridized carbons (Fsp3) is 0.714. The lowest BCUT2D eigenvalue weighted by atomic mass is 10.1. The summed E-state index contributed by atoms with van der Waals surface area (Å²) in [4.78, 5) is 32.2. The van der Waals surface area contributed by atoms with E-state index in [1.165, 1.54) is 0 Å². The molecule has 1 saturated heterocycles. The molecule has 122 valence electrons. The van der Waals surface area contributed by atoms with Crippen LogP contribution in [-0.4, -0.2) is 68.1 Å². The van der Waals surface area contributed by atoms with Crippen LogP contribution in [0.1, 0.15) is 25.5 Å². The van der Waals surface area contributed by atoms with E-state index in [9.17, 15) is 9.59 Å². The smallest absolute Gasteiger partial charge is 0.245 e. The van der Waals surface area contributed by atoms with Crippen LogP contribution in [0, 0.1) is 13.8 Å². The molecule has 2 rings (SSSR count). The van der Waals surface area contributed by atoms with Gasteiger partial charge >= 0.3 is 0 Å².